The summed E-state index contributed by atoms with van der Waals surface area (Å²) in [7, 11) is 0. The van der Waals surface area contributed by atoms with Crippen LogP contribution < -0.4 is 15.0 Å². The van der Waals surface area contributed by atoms with E-state index in [0.29, 0.717) is 43.0 Å². The molecule has 4 atom stereocenters. The predicted molar refractivity (Wildman–Crippen MR) is 167 cm³/mol. The van der Waals surface area contributed by atoms with Gasteiger partial charge in [-0.15, -0.1) is 0 Å². The van der Waals surface area contributed by atoms with Gasteiger partial charge in [0.25, 0.3) is 0 Å². The maximum absolute atomic E-state index is 17.0. The molecule has 0 amide bonds. The van der Waals surface area contributed by atoms with E-state index in [2.05, 4.69) is 25.1 Å². The van der Waals surface area contributed by atoms with Crippen molar-refractivity contribution in [2.75, 3.05) is 37.7 Å². The Bertz CT molecular complexity index is 1880. The first-order chi connectivity index (χ1) is 22.2. The molecule has 8 rings (SSSR count). The standard InChI is InChI=1S/C34H36F4N6O2/c1-3-21-24(36)8-7-22-27(21)23(11-25(45)28(22)37)30-29(38)31-26(17(2)39-30)32(43-14-19-5-6-20(15-43)40-19)42-33(41-31)46-16-34-9-4-10-44(34)13-18(35)12-34/h7-8,11,18-20,40,45H,3-6,9-10,12-16H2,1-2H3/t18-,19?,20?,34+/m1/s1. The summed E-state index contributed by atoms with van der Waals surface area (Å²) in [5.41, 5.74) is 0.0263. The van der Waals surface area contributed by atoms with Crippen LogP contribution in [0.3, 0.4) is 0 Å². The minimum absolute atomic E-state index is 0.0144. The summed E-state index contributed by atoms with van der Waals surface area (Å²) in [5, 5.41) is 14.7. The third-order valence-electron chi connectivity index (χ3n) is 10.5. The smallest absolute Gasteiger partial charge is 0.319 e. The van der Waals surface area contributed by atoms with Crippen LogP contribution in [0, 0.1) is 24.4 Å². The van der Waals surface area contributed by atoms with E-state index in [-0.39, 0.29) is 64.2 Å². The minimum atomic E-state index is -0.929. The molecule has 0 spiro atoms. The first-order valence-corrected chi connectivity index (χ1v) is 16.2. The molecule has 4 aliphatic rings. The molecule has 2 aromatic heterocycles. The number of pyridine rings is 1. The molecule has 2 unspecified atom stereocenters. The van der Waals surface area contributed by atoms with Gasteiger partial charge in [0, 0.05) is 54.5 Å². The lowest BCUT2D eigenvalue weighted by molar-refractivity contribution is 0.107. The number of aromatic hydroxyl groups is 1. The van der Waals surface area contributed by atoms with Crippen LogP contribution in [-0.4, -0.2) is 81.5 Å². The number of benzene rings is 2. The zero-order valence-corrected chi connectivity index (χ0v) is 25.8. The number of rotatable bonds is 6. The summed E-state index contributed by atoms with van der Waals surface area (Å²) < 4.78 is 67.8. The number of hydrogen-bond acceptors (Lipinski definition) is 8. The first-order valence-electron chi connectivity index (χ1n) is 16.2. The average Bonchev–Trinajstić information content (AvgIpc) is 3.69. The Morgan fingerprint density at radius 2 is 1.83 bits per heavy atom. The molecule has 0 aliphatic carbocycles. The Balaban J connectivity index is 1.31. The highest BCUT2D eigenvalue weighted by atomic mass is 19.1. The predicted octanol–water partition coefficient (Wildman–Crippen LogP) is 5.73. The third-order valence-corrected chi connectivity index (χ3v) is 10.5. The van der Waals surface area contributed by atoms with Crippen LogP contribution in [0.15, 0.2) is 18.2 Å². The third kappa shape index (κ3) is 4.58. The number of alkyl halides is 1. The SMILES string of the molecule is CCc1c(F)ccc2c(F)c(O)cc(-c3nc(C)c4c(N5CC6CCC(C5)N6)nc(OC[C@@]56CCCN5C[C@H](F)C6)nc4c3F)c12. The number of phenols is 1. The Kier molecular flexibility index (Phi) is 7.02. The van der Waals surface area contributed by atoms with Crippen molar-refractivity contribution in [2.24, 2.45) is 0 Å². The number of piperazine rings is 1. The molecule has 2 aromatic carbocycles. The van der Waals surface area contributed by atoms with Gasteiger partial charge in [-0.3, -0.25) is 4.90 Å². The number of aromatic nitrogens is 3. The monoisotopic (exact) mass is 636 g/mol. The van der Waals surface area contributed by atoms with Gasteiger partial charge in [-0.2, -0.15) is 9.97 Å². The summed E-state index contributed by atoms with van der Waals surface area (Å²) >= 11 is 0. The lowest BCUT2D eigenvalue weighted by atomic mass is 9.93. The van der Waals surface area contributed by atoms with E-state index in [1.807, 2.05) is 0 Å². The molecular formula is C34H36F4N6O2. The van der Waals surface area contributed by atoms with E-state index in [9.17, 15) is 9.50 Å². The van der Waals surface area contributed by atoms with Gasteiger partial charge in [-0.25, -0.2) is 22.5 Å². The summed E-state index contributed by atoms with van der Waals surface area (Å²) in [5.74, 6) is -2.46. The number of hydrogen-bond donors (Lipinski definition) is 2. The number of fused-ring (bicyclic) bond motifs is 5. The zero-order valence-electron chi connectivity index (χ0n) is 25.8. The fraction of sp³-hybridized carbons (Fsp3) is 0.500. The van der Waals surface area contributed by atoms with Gasteiger partial charge in [0.2, 0.25) is 0 Å². The molecule has 0 radical (unpaired) electrons. The fourth-order valence-electron chi connectivity index (χ4n) is 8.45. The van der Waals surface area contributed by atoms with Gasteiger partial charge in [-0.1, -0.05) is 6.92 Å². The Hall–Kier alpha value is -3.77. The highest BCUT2D eigenvalue weighted by molar-refractivity contribution is 6.02. The van der Waals surface area contributed by atoms with E-state index >= 15 is 13.2 Å². The first kappa shape index (κ1) is 29.6. The minimum Gasteiger partial charge on any atom is -0.505 e. The zero-order chi connectivity index (χ0) is 31.9. The van der Waals surface area contributed by atoms with E-state index in [4.69, 9.17) is 9.72 Å². The van der Waals surface area contributed by atoms with Crippen molar-refractivity contribution in [3.63, 3.8) is 0 Å². The van der Waals surface area contributed by atoms with E-state index in [1.54, 1.807) is 13.8 Å². The Labute approximate surface area is 263 Å². The summed E-state index contributed by atoms with van der Waals surface area (Å²) in [4.78, 5) is 18.3. The van der Waals surface area contributed by atoms with E-state index < -0.39 is 34.9 Å². The van der Waals surface area contributed by atoms with Gasteiger partial charge >= 0.3 is 6.01 Å². The number of nitrogens with zero attached hydrogens (tertiary/aromatic N) is 5. The summed E-state index contributed by atoms with van der Waals surface area (Å²) in [6.07, 6.45) is 3.46. The molecule has 6 heterocycles. The second-order valence-electron chi connectivity index (χ2n) is 13.4. The molecule has 4 saturated heterocycles. The van der Waals surface area contributed by atoms with Crippen LogP contribution in [0.4, 0.5) is 23.4 Å². The molecule has 4 aliphatic heterocycles. The number of anilines is 1. The van der Waals surface area contributed by atoms with Gasteiger partial charge in [0.15, 0.2) is 17.4 Å². The molecule has 4 fully saturated rings. The van der Waals surface area contributed by atoms with Crippen LogP contribution in [0.1, 0.15) is 50.3 Å². The fourth-order valence-corrected chi connectivity index (χ4v) is 8.45. The lowest BCUT2D eigenvalue weighted by Crippen LogP contribution is -2.51. The highest BCUT2D eigenvalue weighted by Gasteiger charge is 2.49. The van der Waals surface area contributed by atoms with Crippen LogP contribution in [0.2, 0.25) is 0 Å². The maximum atomic E-state index is 17.0. The highest BCUT2D eigenvalue weighted by Crippen LogP contribution is 2.43. The molecule has 2 bridgehead atoms. The quantitative estimate of drug-likeness (QED) is 0.260. The average molecular weight is 637 g/mol. The molecular weight excluding hydrogens is 600 g/mol. The molecule has 2 N–H and O–H groups in total. The molecule has 242 valence electrons. The largest absolute Gasteiger partial charge is 0.505 e. The number of halogens is 4. The summed E-state index contributed by atoms with van der Waals surface area (Å²) in [6, 6.07) is 4.02. The van der Waals surface area contributed by atoms with Crippen LogP contribution in [0.5, 0.6) is 11.8 Å². The van der Waals surface area contributed by atoms with Crippen LogP contribution >= 0.6 is 0 Å². The Morgan fingerprint density at radius 1 is 1.04 bits per heavy atom. The van der Waals surface area contributed by atoms with Crippen molar-refractivity contribution < 1.29 is 27.4 Å². The van der Waals surface area contributed by atoms with E-state index in [1.165, 1.54) is 6.07 Å². The van der Waals surface area contributed by atoms with E-state index in [0.717, 1.165) is 44.4 Å². The Morgan fingerprint density at radius 3 is 2.59 bits per heavy atom. The second-order valence-corrected chi connectivity index (χ2v) is 13.4. The van der Waals surface area contributed by atoms with Gasteiger partial charge in [0.1, 0.15) is 35.6 Å². The number of nitrogens with one attached hydrogen (secondary N) is 1. The van der Waals surface area contributed by atoms with Crippen molar-refractivity contribution in [1.29, 1.82) is 0 Å². The van der Waals surface area contributed by atoms with Gasteiger partial charge in [-0.05, 0) is 69.3 Å². The lowest BCUT2D eigenvalue weighted by Gasteiger charge is -2.35. The number of phenolic OH excluding ortho intramolecular Hbond substituents is 1. The topological polar surface area (TPSA) is 86.6 Å². The van der Waals surface area contributed by atoms with Gasteiger partial charge in [0.05, 0.1) is 16.6 Å². The van der Waals surface area contributed by atoms with Crippen molar-refractivity contribution >= 4 is 27.5 Å². The van der Waals surface area contributed by atoms with Crippen LogP contribution in [0.25, 0.3) is 32.9 Å². The maximum Gasteiger partial charge on any atom is 0.319 e. The van der Waals surface area contributed by atoms with Crippen molar-refractivity contribution in [3.05, 3.63) is 46.9 Å². The second kappa shape index (κ2) is 10.9. The normalized spacial score (nSPS) is 26.0. The summed E-state index contributed by atoms with van der Waals surface area (Å²) in [6.45, 7) is 6.16. The molecule has 12 heteroatoms. The number of aryl methyl sites for hydroxylation is 2. The number of ether oxygens (including phenoxy) is 1. The van der Waals surface area contributed by atoms with Gasteiger partial charge < -0.3 is 20.1 Å². The van der Waals surface area contributed by atoms with Crippen molar-refractivity contribution in [2.45, 2.75) is 76.2 Å². The molecule has 8 nitrogen and oxygen atoms in total. The van der Waals surface area contributed by atoms with Crippen LogP contribution in [-0.2, 0) is 6.42 Å². The van der Waals surface area contributed by atoms with Crippen molar-refractivity contribution in [3.8, 4) is 23.0 Å². The molecule has 46 heavy (non-hydrogen) atoms. The van der Waals surface area contributed by atoms with Crippen molar-refractivity contribution in [1.82, 2.24) is 25.2 Å². The molecule has 0 saturated carbocycles. The molecule has 4 aromatic rings.